The number of piperidine rings is 1. The van der Waals surface area contributed by atoms with Crippen LogP contribution < -0.4 is 0 Å². The van der Waals surface area contributed by atoms with Crippen LogP contribution in [0.5, 0.6) is 5.75 Å². The highest BCUT2D eigenvalue weighted by Crippen LogP contribution is 2.32. The van der Waals surface area contributed by atoms with Gasteiger partial charge in [-0.2, -0.15) is 0 Å². The molecule has 1 saturated heterocycles. The second-order valence-electron chi connectivity index (χ2n) is 6.93. The van der Waals surface area contributed by atoms with Crippen LogP contribution in [-0.4, -0.2) is 46.0 Å². The van der Waals surface area contributed by atoms with Crippen molar-refractivity contribution in [3.05, 3.63) is 29.3 Å². The lowest BCUT2D eigenvalue weighted by Crippen LogP contribution is -2.47. The molecule has 0 aliphatic carbocycles. The molecule has 22 heavy (non-hydrogen) atoms. The van der Waals surface area contributed by atoms with E-state index in [9.17, 15) is 15.0 Å². The number of hydrogen-bond donors (Lipinski definition) is 2. The van der Waals surface area contributed by atoms with Crippen molar-refractivity contribution in [3.8, 4) is 5.75 Å². The summed E-state index contributed by atoms with van der Waals surface area (Å²) in [6, 6.07) is 5.18. The molecule has 1 aromatic carbocycles. The number of aryl methyl sites for hydroxylation is 1. The number of likely N-dealkylation sites (tertiary alicyclic amines) is 1. The number of carbonyl (C=O) groups excluding carboxylic acids is 1. The Balaban J connectivity index is 2.05. The lowest BCUT2D eigenvalue weighted by Gasteiger charge is -2.37. The number of amides is 1. The van der Waals surface area contributed by atoms with Crippen LogP contribution >= 0.6 is 0 Å². The molecule has 2 rings (SSSR count). The van der Waals surface area contributed by atoms with E-state index in [4.69, 9.17) is 4.74 Å². The third-order valence-electron chi connectivity index (χ3n) is 3.89. The first-order valence-corrected chi connectivity index (χ1v) is 7.63. The van der Waals surface area contributed by atoms with Crippen LogP contribution in [0.2, 0.25) is 0 Å². The molecule has 2 unspecified atom stereocenters. The van der Waals surface area contributed by atoms with Crippen LogP contribution in [-0.2, 0) is 4.74 Å². The topological polar surface area (TPSA) is 70.0 Å². The zero-order valence-corrected chi connectivity index (χ0v) is 13.7. The fraction of sp³-hybridized carbons (Fsp3) is 0.588. The molecule has 0 bridgehead atoms. The van der Waals surface area contributed by atoms with Crippen LogP contribution in [0.15, 0.2) is 18.2 Å². The molecule has 1 amide bonds. The summed E-state index contributed by atoms with van der Waals surface area (Å²) in [5.74, 6) is 0.196. The Morgan fingerprint density at radius 1 is 1.36 bits per heavy atom. The lowest BCUT2D eigenvalue weighted by atomic mass is 9.85. The Morgan fingerprint density at radius 2 is 2.05 bits per heavy atom. The maximum Gasteiger partial charge on any atom is 0.410 e. The van der Waals surface area contributed by atoms with Gasteiger partial charge in [0.2, 0.25) is 0 Å². The second-order valence-corrected chi connectivity index (χ2v) is 6.93. The van der Waals surface area contributed by atoms with Gasteiger partial charge in [0, 0.05) is 12.5 Å². The summed E-state index contributed by atoms with van der Waals surface area (Å²) >= 11 is 0. The summed E-state index contributed by atoms with van der Waals surface area (Å²) in [5.41, 5.74) is 1.44. The van der Waals surface area contributed by atoms with Gasteiger partial charge in [0.1, 0.15) is 11.4 Å². The zero-order chi connectivity index (χ0) is 16.5. The number of ether oxygens (including phenoxy) is 1. The second kappa shape index (κ2) is 6.16. The molecule has 0 radical (unpaired) electrons. The fourth-order valence-corrected chi connectivity index (χ4v) is 2.86. The van der Waals surface area contributed by atoms with Crippen molar-refractivity contribution in [1.82, 2.24) is 4.90 Å². The first-order valence-electron chi connectivity index (χ1n) is 7.63. The van der Waals surface area contributed by atoms with E-state index in [1.807, 2.05) is 33.8 Å². The van der Waals surface area contributed by atoms with E-state index in [0.717, 1.165) is 11.1 Å². The van der Waals surface area contributed by atoms with Crippen LogP contribution in [0.3, 0.4) is 0 Å². The van der Waals surface area contributed by atoms with Crippen LogP contribution in [0, 0.1) is 6.92 Å². The minimum Gasteiger partial charge on any atom is -0.508 e. The molecule has 2 atom stereocenters. The summed E-state index contributed by atoms with van der Waals surface area (Å²) in [4.78, 5) is 13.6. The Morgan fingerprint density at radius 3 is 2.59 bits per heavy atom. The lowest BCUT2D eigenvalue weighted by molar-refractivity contribution is -0.00156. The SMILES string of the molecule is Cc1cc(O)ccc1C1CCN(C(=O)OC(C)(C)C)CC1O. The molecule has 0 aromatic heterocycles. The van der Waals surface area contributed by atoms with Crippen LogP contribution in [0.25, 0.3) is 0 Å². The maximum absolute atomic E-state index is 12.1. The monoisotopic (exact) mass is 307 g/mol. The third kappa shape index (κ3) is 3.91. The van der Waals surface area contributed by atoms with Crippen molar-refractivity contribution in [3.63, 3.8) is 0 Å². The van der Waals surface area contributed by atoms with Gasteiger partial charge in [-0.05, 0) is 57.4 Å². The summed E-state index contributed by atoms with van der Waals surface area (Å²) in [7, 11) is 0. The van der Waals surface area contributed by atoms with Gasteiger partial charge in [0.05, 0.1) is 12.6 Å². The largest absolute Gasteiger partial charge is 0.508 e. The van der Waals surface area contributed by atoms with Crippen LogP contribution in [0.1, 0.15) is 44.2 Å². The highest BCUT2D eigenvalue weighted by atomic mass is 16.6. The quantitative estimate of drug-likeness (QED) is 0.837. The molecule has 1 aliphatic heterocycles. The first kappa shape index (κ1) is 16.6. The summed E-state index contributed by atoms with van der Waals surface area (Å²) in [5, 5.41) is 19.9. The number of aromatic hydroxyl groups is 1. The van der Waals surface area contributed by atoms with Crippen molar-refractivity contribution in [2.24, 2.45) is 0 Å². The molecule has 1 aliphatic rings. The minimum absolute atomic E-state index is 0.0284. The Hall–Kier alpha value is -1.75. The predicted molar refractivity (Wildman–Crippen MR) is 84.0 cm³/mol. The maximum atomic E-state index is 12.1. The number of carbonyl (C=O) groups is 1. The van der Waals surface area contributed by atoms with E-state index in [1.165, 1.54) is 0 Å². The predicted octanol–water partition coefficient (Wildman–Crippen LogP) is 2.79. The number of β-amino-alcohol motifs (C(OH)–C–C–N with tert-alkyl or cyclic N) is 1. The van der Waals surface area contributed by atoms with E-state index >= 15 is 0 Å². The summed E-state index contributed by atoms with van der Waals surface area (Å²) in [6.45, 7) is 8.22. The number of nitrogens with zero attached hydrogens (tertiary/aromatic N) is 1. The normalized spacial score (nSPS) is 22.5. The van der Waals surface area contributed by atoms with Crippen LogP contribution in [0.4, 0.5) is 4.79 Å². The Kier molecular flexibility index (Phi) is 4.66. The Labute approximate surface area is 131 Å². The van der Waals surface area contributed by atoms with Crippen molar-refractivity contribution < 1.29 is 19.7 Å². The zero-order valence-electron chi connectivity index (χ0n) is 13.7. The van der Waals surface area contributed by atoms with E-state index in [2.05, 4.69) is 0 Å². The van der Waals surface area contributed by atoms with E-state index in [0.29, 0.717) is 13.0 Å². The van der Waals surface area contributed by atoms with E-state index in [-0.39, 0.29) is 24.3 Å². The fourth-order valence-electron chi connectivity index (χ4n) is 2.86. The minimum atomic E-state index is -0.635. The number of phenols is 1. The molecule has 1 heterocycles. The molecule has 122 valence electrons. The van der Waals surface area contributed by atoms with Gasteiger partial charge in [-0.15, -0.1) is 0 Å². The molecule has 1 fully saturated rings. The van der Waals surface area contributed by atoms with Crippen molar-refractivity contribution >= 4 is 6.09 Å². The van der Waals surface area contributed by atoms with E-state index in [1.54, 1.807) is 17.0 Å². The van der Waals surface area contributed by atoms with Gasteiger partial charge in [-0.25, -0.2) is 4.79 Å². The molecule has 0 spiro atoms. The molecule has 5 nitrogen and oxygen atoms in total. The molecule has 0 saturated carbocycles. The molecule has 2 N–H and O–H groups in total. The first-order chi connectivity index (χ1) is 10.2. The van der Waals surface area contributed by atoms with E-state index < -0.39 is 11.7 Å². The van der Waals surface area contributed by atoms with Gasteiger partial charge in [0.15, 0.2) is 0 Å². The highest BCUT2D eigenvalue weighted by molar-refractivity contribution is 5.68. The summed E-state index contributed by atoms with van der Waals surface area (Å²) < 4.78 is 5.35. The molecule has 5 heteroatoms. The number of aliphatic hydroxyl groups is 1. The smallest absolute Gasteiger partial charge is 0.410 e. The van der Waals surface area contributed by atoms with Gasteiger partial charge in [-0.3, -0.25) is 0 Å². The Bertz CT molecular complexity index is 550. The highest BCUT2D eigenvalue weighted by Gasteiger charge is 2.33. The third-order valence-corrected chi connectivity index (χ3v) is 3.89. The number of rotatable bonds is 1. The van der Waals surface area contributed by atoms with Gasteiger partial charge in [0.25, 0.3) is 0 Å². The molecular formula is C17H25NO4. The number of benzene rings is 1. The van der Waals surface area contributed by atoms with Crippen molar-refractivity contribution in [2.45, 2.75) is 51.7 Å². The number of aliphatic hydroxyl groups excluding tert-OH is 1. The average molecular weight is 307 g/mol. The van der Waals surface area contributed by atoms with Crippen molar-refractivity contribution in [1.29, 1.82) is 0 Å². The number of hydrogen-bond acceptors (Lipinski definition) is 4. The average Bonchev–Trinajstić information content (AvgIpc) is 2.37. The van der Waals surface area contributed by atoms with Gasteiger partial charge in [-0.1, -0.05) is 6.07 Å². The number of phenolic OH excluding ortho intramolecular Hbond substituents is 1. The van der Waals surface area contributed by atoms with Crippen molar-refractivity contribution in [2.75, 3.05) is 13.1 Å². The van der Waals surface area contributed by atoms with Gasteiger partial charge < -0.3 is 19.8 Å². The molecular weight excluding hydrogens is 282 g/mol. The molecule has 1 aromatic rings. The van der Waals surface area contributed by atoms with Gasteiger partial charge >= 0.3 is 6.09 Å². The summed E-state index contributed by atoms with van der Waals surface area (Å²) in [6.07, 6.45) is -0.344. The standard InChI is InChI=1S/C17H25NO4/c1-11-9-12(19)5-6-13(11)14-7-8-18(10-15(14)20)16(21)22-17(2,3)4/h5-6,9,14-15,19-20H,7-8,10H2,1-4H3.